The fraction of sp³-hybridized carbons (Fsp3) is 0.0625. The minimum absolute atomic E-state index is 0.0527. The number of halogens is 2. The van der Waals surface area contributed by atoms with E-state index in [1.54, 1.807) is 42.9 Å². The van der Waals surface area contributed by atoms with Gasteiger partial charge in [0.25, 0.3) is 5.95 Å². The molecule has 3 rings (SSSR count). The third kappa shape index (κ3) is 5.12. The number of anilines is 2. The van der Waals surface area contributed by atoms with E-state index in [2.05, 4.69) is 31.0 Å². The van der Waals surface area contributed by atoms with Crippen LogP contribution in [0.1, 0.15) is 5.56 Å². The first-order valence-electron chi connectivity index (χ1n) is 7.81. The molecule has 0 atom stereocenters. The number of benzene rings is 1. The number of pyridine rings is 1. The Hall–Kier alpha value is -2.82. The zero-order valence-electron chi connectivity index (χ0n) is 14.2. The second kappa shape index (κ2) is 9.40. The third-order valence-electron chi connectivity index (χ3n) is 3.29. The van der Waals surface area contributed by atoms with Crippen molar-refractivity contribution in [1.82, 2.24) is 19.9 Å². The number of nitrogens with two attached hydrogens (primary N) is 1. The number of nitrogens with one attached hydrogen (secondary N) is 2. The van der Waals surface area contributed by atoms with Gasteiger partial charge in [-0.1, -0.05) is 47.1 Å². The highest BCUT2D eigenvalue weighted by atomic mass is 35.5. The summed E-state index contributed by atoms with van der Waals surface area (Å²) in [6, 6.07) is 8.62. The Balaban J connectivity index is 1.54. The number of carbonyl (C=O) groups is 1. The van der Waals surface area contributed by atoms with Crippen LogP contribution >= 0.6 is 35.0 Å². The fourth-order valence-corrected chi connectivity index (χ4v) is 2.99. The lowest BCUT2D eigenvalue weighted by atomic mass is 10.3. The number of hydrazone groups is 1. The number of carbonyl (C=O) groups excluding carboxylic acids is 1. The van der Waals surface area contributed by atoms with Crippen molar-refractivity contribution in [3.05, 3.63) is 58.3 Å². The van der Waals surface area contributed by atoms with E-state index in [0.717, 1.165) is 17.3 Å². The molecule has 9 nitrogen and oxygen atoms in total. The molecule has 0 saturated carbocycles. The van der Waals surface area contributed by atoms with E-state index >= 15 is 0 Å². The molecule has 144 valence electrons. The number of nitrogen functional groups attached to an aromatic ring is 1. The van der Waals surface area contributed by atoms with Crippen LogP contribution in [0.2, 0.25) is 10.0 Å². The van der Waals surface area contributed by atoms with Gasteiger partial charge in [0, 0.05) is 18.0 Å². The highest BCUT2D eigenvalue weighted by Gasteiger charge is 2.13. The topological polar surface area (TPSA) is 123 Å². The molecule has 0 spiro atoms. The maximum Gasteiger partial charge on any atom is 0.264 e. The lowest BCUT2D eigenvalue weighted by Crippen LogP contribution is -2.17. The Bertz CT molecular complexity index is 996. The first kappa shape index (κ1) is 19.9. The molecular weight excluding hydrogens is 423 g/mol. The maximum absolute atomic E-state index is 12.1. The van der Waals surface area contributed by atoms with Crippen LogP contribution in [-0.4, -0.2) is 37.7 Å². The number of aromatic nitrogens is 4. The SMILES string of the molecule is Nn1c(N/N=C/c2cccnc2)nnc1SCC(=O)Nc1cccc(Cl)c1Cl. The minimum atomic E-state index is -0.290. The summed E-state index contributed by atoms with van der Waals surface area (Å²) in [5.41, 5.74) is 3.92. The summed E-state index contributed by atoms with van der Waals surface area (Å²) in [6.45, 7) is 0. The molecule has 0 saturated heterocycles. The first-order valence-corrected chi connectivity index (χ1v) is 9.55. The number of hydrogen-bond acceptors (Lipinski definition) is 8. The largest absolute Gasteiger partial charge is 0.334 e. The van der Waals surface area contributed by atoms with Crippen LogP contribution in [0.25, 0.3) is 0 Å². The Morgan fingerprint density at radius 3 is 2.93 bits per heavy atom. The minimum Gasteiger partial charge on any atom is -0.334 e. The van der Waals surface area contributed by atoms with Crippen LogP contribution in [0.5, 0.6) is 0 Å². The van der Waals surface area contributed by atoms with Crippen molar-refractivity contribution in [1.29, 1.82) is 0 Å². The highest BCUT2D eigenvalue weighted by Crippen LogP contribution is 2.29. The smallest absolute Gasteiger partial charge is 0.264 e. The molecule has 3 aromatic rings. The zero-order valence-corrected chi connectivity index (χ0v) is 16.5. The number of amides is 1. The molecule has 0 aliphatic heterocycles. The van der Waals surface area contributed by atoms with E-state index in [0.29, 0.717) is 15.9 Å². The Morgan fingerprint density at radius 1 is 1.29 bits per heavy atom. The van der Waals surface area contributed by atoms with Crippen molar-refractivity contribution in [2.24, 2.45) is 5.10 Å². The van der Waals surface area contributed by atoms with Gasteiger partial charge in [-0.3, -0.25) is 9.78 Å². The predicted molar refractivity (Wildman–Crippen MR) is 111 cm³/mol. The summed E-state index contributed by atoms with van der Waals surface area (Å²) in [7, 11) is 0. The molecule has 28 heavy (non-hydrogen) atoms. The summed E-state index contributed by atoms with van der Waals surface area (Å²) in [5.74, 6) is 5.90. The molecule has 12 heteroatoms. The van der Waals surface area contributed by atoms with E-state index in [1.807, 2.05) is 6.07 Å². The average Bonchev–Trinajstić information content (AvgIpc) is 3.04. The Kier molecular flexibility index (Phi) is 6.69. The molecule has 2 aromatic heterocycles. The van der Waals surface area contributed by atoms with Crippen molar-refractivity contribution in [2.45, 2.75) is 5.16 Å². The summed E-state index contributed by atoms with van der Waals surface area (Å²) in [5, 5.41) is 15.5. The van der Waals surface area contributed by atoms with Crippen molar-refractivity contribution in [3.63, 3.8) is 0 Å². The average molecular weight is 437 g/mol. The standard InChI is InChI=1S/C16H14Cl2N8OS/c17-11-4-1-5-12(14(11)18)22-13(27)9-28-16-25-24-15(26(16)19)23-21-8-10-3-2-6-20-7-10/h1-8H,9,19H2,(H,22,27)(H,23,24)/b21-8+. The van der Waals surface area contributed by atoms with Crippen molar-refractivity contribution < 1.29 is 4.79 Å². The van der Waals surface area contributed by atoms with Gasteiger partial charge in [0.05, 0.1) is 27.7 Å². The number of rotatable bonds is 7. The van der Waals surface area contributed by atoms with Gasteiger partial charge in [-0.2, -0.15) is 5.10 Å². The predicted octanol–water partition coefficient (Wildman–Crippen LogP) is 2.87. The van der Waals surface area contributed by atoms with Gasteiger partial charge in [-0.25, -0.2) is 10.1 Å². The van der Waals surface area contributed by atoms with E-state index in [4.69, 9.17) is 29.0 Å². The van der Waals surface area contributed by atoms with Gasteiger partial charge in [-0.05, 0) is 18.2 Å². The molecule has 0 aliphatic rings. The second-order valence-corrected chi connectivity index (χ2v) is 7.00. The summed E-state index contributed by atoms with van der Waals surface area (Å²) >= 11 is 13.1. The van der Waals surface area contributed by atoms with Gasteiger partial charge in [0.1, 0.15) is 0 Å². The summed E-state index contributed by atoms with van der Waals surface area (Å²) < 4.78 is 1.20. The molecule has 0 radical (unpaired) electrons. The second-order valence-electron chi connectivity index (χ2n) is 5.27. The maximum atomic E-state index is 12.1. The van der Waals surface area contributed by atoms with E-state index < -0.39 is 0 Å². The lowest BCUT2D eigenvalue weighted by Gasteiger charge is -2.07. The van der Waals surface area contributed by atoms with Gasteiger partial charge in [0.15, 0.2) is 0 Å². The Morgan fingerprint density at radius 2 is 2.14 bits per heavy atom. The number of thioether (sulfide) groups is 1. The van der Waals surface area contributed by atoms with E-state index in [1.165, 1.54) is 4.68 Å². The zero-order chi connectivity index (χ0) is 19.9. The molecule has 0 unspecified atom stereocenters. The molecule has 0 aliphatic carbocycles. The van der Waals surface area contributed by atoms with Crippen molar-refractivity contribution >= 4 is 58.7 Å². The van der Waals surface area contributed by atoms with Crippen LogP contribution in [0.15, 0.2) is 53.0 Å². The summed E-state index contributed by atoms with van der Waals surface area (Å²) in [4.78, 5) is 16.1. The Labute approximate surface area is 174 Å². The molecule has 2 heterocycles. The van der Waals surface area contributed by atoms with Gasteiger partial charge in [0.2, 0.25) is 11.1 Å². The molecule has 1 amide bonds. The van der Waals surface area contributed by atoms with Crippen LogP contribution in [0, 0.1) is 0 Å². The fourth-order valence-electron chi connectivity index (χ4n) is 1.99. The van der Waals surface area contributed by atoms with Gasteiger partial charge >= 0.3 is 0 Å². The van der Waals surface area contributed by atoms with Crippen molar-refractivity contribution in [2.75, 3.05) is 22.3 Å². The number of hydrogen-bond donors (Lipinski definition) is 3. The van der Waals surface area contributed by atoms with Crippen LogP contribution in [0.3, 0.4) is 0 Å². The van der Waals surface area contributed by atoms with Crippen LogP contribution in [0.4, 0.5) is 11.6 Å². The van der Waals surface area contributed by atoms with Gasteiger partial charge in [-0.15, -0.1) is 10.2 Å². The molecule has 1 aromatic carbocycles. The lowest BCUT2D eigenvalue weighted by molar-refractivity contribution is -0.113. The van der Waals surface area contributed by atoms with E-state index in [-0.39, 0.29) is 22.6 Å². The van der Waals surface area contributed by atoms with Crippen LogP contribution in [-0.2, 0) is 4.79 Å². The normalized spacial score (nSPS) is 10.9. The monoisotopic (exact) mass is 436 g/mol. The quantitative estimate of drug-likeness (QED) is 0.225. The van der Waals surface area contributed by atoms with E-state index in [9.17, 15) is 4.79 Å². The van der Waals surface area contributed by atoms with Gasteiger partial charge < -0.3 is 11.2 Å². The molecule has 0 fully saturated rings. The molecule has 4 N–H and O–H groups in total. The highest BCUT2D eigenvalue weighted by molar-refractivity contribution is 7.99. The molecular formula is C16H14Cl2N8OS. The molecule has 0 bridgehead atoms. The first-order chi connectivity index (χ1) is 13.5. The third-order valence-corrected chi connectivity index (χ3v) is 5.05. The van der Waals surface area contributed by atoms with Crippen LogP contribution < -0.4 is 16.6 Å². The number of nitrogens with zero attached hydrogens (tertiary/aromatic N) is 5. The summed E-state index contributed by atoms with van der Waals surface area (Å²) in [6.07, 6.45) is 4.89. The van der Waals surface area contributed by atoms with Crippen molar-refractivity contribution in [3.8, 4) is 0 Å².